The number of nitrogens with one attached hydrogen (secondary N) is 1. The maximum Gasteiger partial charge on any atom is 0.240 e. The van der Waals surface area contributed by atoms with Crippen LogP contribution in [0, 0.1) is 6.92 Å². The van der Waals surface area contributed by atoms with Crippen molar-refractivity contribution >= 4 is 21.4 Å². The summed E-state index contributed by atoms with van der Waals surface area (Å²) in [5.41, 5.74) is 6.92. The summed E-state index contributed by atoms with van der Waals surface area (Å²) >= 11 is 0. The van der Waals surface area contributed by atoms with Gasteiger partial charge in [-0.05, 0) is 25.1 Å². The highest BCUT2D eigenvalue weighted by atomic mass is 32.2. The number of sulfonamides is 1. The number of rotatable bonds is 4. The first kappa shape index (κ1) is 13.4. The zero-order chi connectivity index (χ0) is 14.0. The molecule has 19 heavy (non-hydrogen) atoms. The molecule has 0 aliphatic carbocycles. The zero-order valence-electron chi connectivity index (χ0n) is 10.3. The standard InChI is InChI=1S/C11H14N4O3S/c1-7-4-9(15-18-7)6-14-10-3-2-8(12)5-11(10)19(13,16)17/h2-5,14H,6,12H2,1H3,(H2,13,16,17). The van der Waals surface area contributed by atoms with Gasteiger partial charge < -0.3 is 15.6 Å². The highest BCUT2D eigenvalue weighted by Crippen LogP contribution is 2.23. The second-order valence-electron chi connectivity index (χ2n) is 4.08. The molecule has 8 heteroatoms. The molecule has 1 heterocycles. The molecule has 0 saturated carbocycles. The molecule has 0 atom stereocenters. The second kappa shape index (κ2) is 4.90. The van der Waals surface area contributed by atoms with E-state index in [4.69, 9.17) is 15.4 Å². The van der Waals surface area contributed by atoms with Crippen molar-refractivity contribution in [2.45, 2.75) is 18.4 Å². The van der Waals surface area contributed by atoms with Crippen LogP contribution in [0.4, 0.5) is 11.4 Å². The minimum absolute atomic E-state index is 0.0484. The quantitative estimate of drug-likeness (QED) is 0.713. The van der Waals surface area contributed by atoms with Crippen LogP contribution in [0.1, 0.15) is 11.5 Å². The predicted molar refractivity (Wildman–Crippen MR) is 70.8 cm³/mol. The maximum atomic E-state index is 11.5. The largest absolute Gasteiger partial charge is 0.399 e. The topological polar surface area (TPSA) is 124 Å². The Morgan fingerprint density at radius 3 is 2.68 bits per heavy atom. The number of aromatic nitrogens is 1. The van der Waals surface area contributed by atoms with Gasteiger partial charge in [0.2, 0.25) is 10.0 Å². The fraction of sp³-hybridized carbons (Fsp3) is 0.182. The van der Waals surface area contributed by atoms with Crippen LogP contribution in [-0.2, 0) is 16.6 Å². The van der Waals surface area contributed by atoms with Crippen molar-refractivity contribution in [3.8, 4) is 0 Å². The third-order valence-electron chi connectivity index (χ3n) is 2.45. The molecule has 0 radical (unpaired) electrons. The summed E-state index contributed by atoms with van der Waals surface area (Å²) < 4.78 is 27.9. The molecule has 0 aliphatic rings. The van der Waals surface area contributed by atoms with E-state index in [1.165, 1.54) is 6.07 Å². The summed E-state index contributed by atoms with van der Waals surface area (Å²) in [4.78, 5) is -0.0484. The van der Waals surface area contributed by atoms with Crippen molar-refractivity contribution in [3.63, 3.8) is 0 Å². The first-order valence-corrected chi connectivity index (χ1v) is 6.99. The van der Waals surface area contributed by atoms with Gasteiger partial charge in [0.05, 0.1) is 12.2 Å². The van der Waals surface area contributed by atoms with Crippen LogP contribution >= 0.6 is 0 Å². The summed E-state index contributed by atoms with van der Waals surface area (Å²) in [6, 6.07) is 6.21. The Morgan fingerprint density at radius 1 is 1.37 bits per heavy atom. The van der Waals surface area contributed by atoms with E-state index < -0.39 is 10.0 Å². The molecule has 0 spiro atoms. The van der Waals surface area contributed by atoms with E-state index in [-0.39, 0.29) is 4.90 Å². The van der Waals surface area contributed by atoms with Crippen molar-refractivity contribution in [2.24, 2.45) is 5.14 Å². The smallest absolute Gasteiger partial charge is 0.240 e. The van der Waals surface area contributed by atoms with Gasteiger partial charge in [0.1, 0.15) is 16.3 Å². The number of hydrogen-bond acceptors (Lipinski definition) is 6. The number of primary sulfonamides is 1. The molecular formula is C11H14N4O3S. The number of anilines is 2. The molecule has 5 N–H and O–H groups in total. The van der Waals surface area contributed by atoms with Gasteiger partial charge >= 0.3 is 0 Å². The molecule has 1 aromatic carbocycles. The van der Waals surface area contributed by atoms with E-state index in [1.54, 1.807) is 25.1 Å². The fourth-order valence-corrected chi connectivity index (χ4v) is 2.35. The first-order valence-electron chi connectivity index (χ1n) is 5.44. The van der Waals surface area contributed by atoms with E-state index in [2.05, 4.69) is 10.5 Å². The van der Waals surface area contributed by atoms with E-state index in [0.29, 0.717) is 29.4 Å². The molecule has 7 nitrogen and oxygen atoms in total. The van der Waals surface area contributed by atoms with Crippen LogP contribution in [0.3, 0.4) is 0 Å². The monoisotopic (exact) mass is 282 g/mol. The SMILES string of the molecule is Cc1cc(CNc2ccc(N)cc2S(N)(=O)=O)no1. The number of nitrogens with two attached hydrogens (primary N) is 2. The van der Waals surface area contributed by atoms with Crippen LogP contribution < -0.4 is 16.2 Å². The summed E-state index contributed by atoms with van der Waals surface area (Å²) in [5.74, 6) is 0.681. The number of benzene rings is 1. The molecule has 2 rings (SSSR count). The van der Waals surface area contributed by atoms with Crippen LogP contribution in [0.5, 0.6) is 0 Å². The Kier molecular flexibility index (Phi) is 3.45. The predicted octanol–water partition coefficient (Wildman–Crippen LogP) is 0.825. The third kappa shape index (κ3) is 3.24. The molecular weight excluding hydrogens is 268 g/mol. The molecule has 0 unspecified atom stereocenters. The fourth-order valence-electron chi connectivity index (χ4n) is 1.61. The molecule has 1 aromatic heterocycles. The Morgan fingerprint density at radius 2 is 2.11 bits per heavy atom. The summed E-state index contributed by atoms with van der Waals surface area (Å²) in [5, 5.41) is 11.9. The number of nitrogens with zero attached hydrogens (tertiary/aromatic N) is 1. The molecule has 0 amide bonds. The Labute approximate surface area is 110 Å². The zero-order valence-corrected chi connectivity index (χ0v) is 11.1. The molecule has 102 valence electrons. The molecule has 0 fully saturated rings. The van der Waals surface area contributed by atoms with E-state index in [1.807, 2.05) is 0 Å². The van der Waals surface area contributed by atoms with Gasteiger partial charge in [-0.25, -0.2) is 13.6 Å². The van der Waals surface area contributed by atoms with Gasteiger partial charge in [-0.2, -0.15) is 0 Å². The minimum atomic E-state index is -3.84. The number of aryl methyl sites for hydroxylation is 1. The lowest BCUT2D eigenvalue weighted by Crippen LogP contribution is -2.15. The minimum Gasteiger partial charge on any atom is -0.399 e. The van der Waals surface area contributed by atoms with Crippen molar-refractivity contribution in [1.29, 1.82) is 0 Å². The lowest BCUT2D eigenvalue weighted by molar-refractivity contribution is 0.391. The summed E-state index contributed by atoms with van der Waals surface area (Å²) in [7, 11) is -3.84. The number of hydrogen-bond donors (Lipinski definition) is 3. The van der Waals surface area contributed by atoms with Crippen molar-refractivity contribution in [2.75, 3.05) is 11.1 Å². The summed E-state index contributed by atoms with van der Waals surface area (Å²) in [6.07, 6.45) is 0. The van der Waals surface area contributed by atoms with E-state index >= 15 is 0 Å². The van der Waals surface area contributed by atoms with Gasteiger partial charge in [0.15, 0.2) is 0 Å². The molecule has 0 bridgehead atoms. The van der Waals surface area contributed by atoms with Gasteiger partial charge in [-0.15, -0.1) is 0 Å². The highest BCUT2D eigenvalue weighted by molar-refractivity contribution is 7.89. The van der Waals surface area contributed by atoms with Crippen LogP contribution in [-0.4, -0.2) is 13.6 Å². The normalized spacial score (nSPS) is 11.5. The van der Waals surface area contributed by atoms with E-state index in [9.17, 15) is 8.42 Å². The van der Waals surface area contributed by atoms with Crippen molar-refractivity contribution in [1.82, 2.24) is 5.16 Å². The lowest BCUT2D eigenvalue weighted by Gasteiger charge is -2.10. The average molecular weight is 282 g/mol. The van der Waals surface area contributed by atoms with Gasteiger partial charge in [0, 0.05) is 11.8 Å². The lowest BCUT2D eigenvalue weighted by atomic mass is 10.2. The van der Waals surface area contributed by atoms with Gasteiger partial charge in [0.25, 0.3) is 0 Å². The maximum absolute atomic E-state index is 11.5. The van der Waals surface area contributed by atoms with Crippen LogP contribution in [0.2, 0.25) is 0 Å². The second-order valence-corrected chi connectivity index (χ2v) is 5.61. The molecule has 0 saturated heterocycles. The Balaban J connectivity index is 2.25. The van der Waals surface area contributed by atoms with Crippen LogP contribution in [0.15, 0.2) is 33.7 Å². The first-order chi connectivity index (χ1) is 8.86. The third-order valence-corrected chi connectivity index (χ3v) is 3.40. The van der Waals surface area contributed by atoms with Crippen molar-refractivity contribution < 1.29 is 12.9 Å². The molecule has 0 aliphatic heterocycles. The Hall–Kier alpha value is -2.06. The molecule has 2 aromatic rings. The average Bonchev–Trinajstić information content (AvgIpc) is 2.72. The Bertz CT molecular complexity index is 694. The van der Waals surface area contributed by atoms with Gasteiger partial charge in [-0.3, -0.25) is 0 Å². The van der Waals surface area contributed by atoms with E-state index in [0.717, 1.165) is 0 Å². The van der Waals surface area contributed by atoms with Crippen molar-refractivity contribution in [3.05, 3.63) is 35.7 Å². The van der Waals surface area contributed by atoms with Gasteiger partial charge in [-0.1, -0.05) is 5.16 Å². The van der Waals surface area contributed by atoms with Crippen LogP contribution in [0.25, 0.3) is 0 Å². The number of nitrogen functional groups attached to an aromatic ring is 1. The summed E-state index contributed by atoms with van der Waals surface area (Å²) in [6.45, 7) is 2.10. The highest BCUT2D eigenvalue weighted by Gasteiger charge is 2.14.